The minimum Gasteiger partial charge on any atom is -0.492 e. The van der Waals surface area contributed by atoms with Gasteiger partial charge in [0.05, 0.1) is 6.04 Å². The van der Waals surface area contributed by atoms with Crippen molar-refractivity contribution in [2.75, 3.05) is 6.61 Å². The van der Waals surface area contributed by atoms with E-state index < -0.39 is 0 Å². The Labute approximate surface area is 107 Å². The molecule has 2 nitrogen and oxygen atoms in total. The van der Waals surface area contributed by atoms with E-state index in [1.165, 1.54) is 16.7 Å². The molecule has 2 aliphatic heterocycles. The van der Waals surface area contributed by atoms with Crippen molar-refractivity contribution in [1.82, 2.24) is 5.32 Å². The summed E-state index contributed by atoms with van der Waals surface area (Å²) in [5, 5.41) is 3.59. The Kier molecular flexibility index (Phi) is 2.17. The maximum Gasteiger partial charge on any atom is 0.123 e. The van der Waals surface area contributed by atoms with Crippen LogP contribution in [0.1, 0.15) is 22.6 Å². The summed E-state index contributed by atoms with van der Waals surface area (Å²) in [4.78, 5) is 0. The van der Waals surface area contributed by atoms with Gasteiger partial charge in [-0.1, -0.05) is 42.5 Å². The lowest BCUT2D eigenvalue weighted by molar-refractivity contribution is 0.216. The molecule has 0 bridgehead atoms. The second-order valence-corrected chi connectivity index (χ2v) is 5.01. The summed E-state index contributed by atoms with van der Waals surface area (Å²) in [6, 6.07) is 17.5. The molecular weight excluding hydrogens is 222 g/mol. The monoisotopic (exact) mass is 237 g/mol. The largest absolute Gasteiger partial charge is 0.492 e. The molecule has 0 unspecified atom stereocenters. The number of hydrogen-bond acceptors (Lipinski definition) is 2. The molecule has 0 amide bonds. The predicted molar refractivity (Wildman–Crippen MR) is 70.8 cm³/mol. The van der Waals surface area contributed by atoms with E-state index in [9.17, 15) is 0 Å². The third kappa shape index (κ3) is 1.39. The summed E-state index contributed by atoms with van der Waals surface area (Å²) in [5.41, 5.74) is 4.18. The van der Waals surface area contributed by atoms with Crippen LogP contribution in [-0.4, -0.2) is 12.6 Å². The number of hydrogen-bond donors (Lipinski definition) is 1. The van der Waals surface area contributed by atoms with Crippen molar-refractivity contribution in [1.29, 1.82) is 0 Å². The summed E-state index contributed by atoms with van der Waals surface area (Å²) >= 11 is 0. The van der Waals surface area contributed by atoms with E-state index in [1.54, 1.807) is 0 Å². The number of benzene rings is 2. The van der Waals surface area contributed by atoms with Gasteiger partial charge in [0, 0.05) is 18.0 Å². The molecule has 2 atom stereocenters. The molecular formula is C16H15NO. The molecule has 0 saturated heterocycles. The normalized spacial score (nSPS) is 24.4. The third-order valence-electron chi connectivity index (χ3n) is 4.02. The zero-order chi connectivity index (χ0) is 11.9. The lowest BCUT2D eigenvalue weighted by Crippen LogP contribution is -2.46. The molecule has 90 valence electrons. The van der Waals surface area contributed by atoms with Gasteiger partial charge < -0.3 is 10.1 Å². The first-order valence-corrected chi connectivity index (χ1v) is 6.46. The Balaban J connectivity index is 1.91. The van der Waals surface area contributed by atoms with Gasteiger partial charge in [0.2, 0.25) is 0 Å². The fourth-order valence-corrected chi connectivity index (χ4v) is 3.16. The van der Waals surface area contributed by atoms with E-state index in [0.29, 0.717) is 12.0 Å². The Morgan fingerprint density at radius 3 is 2.67 bits per heavy atom. The van der Waals surface area contributed by atoms with Crippen LogP contribution in [-0.2, 0) is 6.54 Å². The van der Waals surface area contributed by atoms with Crippen LogP contribution in [0.5, 0.6) is 5.75 Å². The summed E-state index contributed by atoms with van der Waals surface area (Å²) in [5.74, 6) is 1.47. The second-order valence-electron chi connectivity index (χ2n) is 5.01. The highest BCUT2D eigenvalue weighted by molar-refractivity contribution is 5.48. The summed E-state index contributed by atoms with van der Waals surface area (Å²) in [6.07, 6.45) is 0. The average Bonchev–Trinajstić information content (AvgIpc) is 2.46. The molecule has 1 N–H and O–H groups in total. The van der Waals surface area contributed by atoms with Crippen LogP contribution in [0.25, 0.3) is 0 Å². The van der Waals surface area contributed by atoms with E-state index >= 15 is 0 Å². The van der Waals surface area contributed by atoms with Crippen LogP contribution in [0, 0.1) is 0 Å². The standard InChI is InChI=1S/C16H15NO/c1-2-6-12-11(5-1)9-17-14-10-18-15-8-4-3-7-13(15)16(12)14/h1-8,14,16-17H,9-10H2/t14-,16-/m1/s1. The molecule has 2 aliphatic rings. The van der Waals surface area contributed by atoms with Gasteiger partial charge in [0.1, 0.15) is 12.4 Å². The van der Waals surface area contributed by atoms with Crippen LogP contribution in [0.15, 0.2) is 48.5 Å². The van der Waals surface area contributed by atoms with Crippen molar-refractivity contribution in [2.24, 2.45) is 0 Å². The molecule has 2 aromatic rings. The van der Waals surface area contributed by atoms with Crippen molar-refractivity contribution in [2.45, 2.75) is 18.5 Å². The maximum absolute atomic E-state index is 5.85. The molecule has 2 heteroatoms. The molecule has 0 saturated carbocycles. The first kappa shape index (κ1) is 10.2. The molecule has 2 aromatic carbocycles. The highest BCUT2D eigenvalue weighted by atomic mass is 16.5. The Morgan fingerprint density at radius 2 is 1.72 bits per heavy atom. The minimum absolute atomic E-state index is 0.398. The first-order valence-electron chi connectivity index (χ1n) is 6.46. The van der Waals surface area contributed by atoms with E-state index in [2.05, 4.69) is 47.8 Å². The average molecular weight is 237 g/mol. The highest BCUT2D eigenvalue weighted by Gasteiger charge is 2.35. The molecule has 0 aromatic heterocycles. The molecule has 2 heterocycles. The Bertz CT molecular complexity index is 542. The van der Waals surface area contributed by atoms with Crippen molar-refractivity contribution < 1.29 is 4.74 Å². The molecule has 0 fully saturated rings. The number of fused-ring (bicyclic) bond motifs is 5. The topological polar surface area (TPSA) is 21.3 Å². The zero-order valence-corrected chi connectivity index (χ0v) is 10.1. The van der Waals surface area contributed by atoms with Crippen molar-refractivity contribution in [3.8, 4) is 5.75 Å². The van der Waals surface area contributed by atoms with Gasteiger partial charge in [-0.3, -0.25) is 0 Å². The summed E-state index contributed by atoms with van der Waals surface area (Å²) in [6.45, 7) is 1.71. The van der Waals surface area contributed by atoms with E-state index in [0.717, 1.165) is 18.9 Å². The summed E-state index contributed by atoms with van der Waals surface area (Å²) in [7, 11) is 0. The number of ether oxygens (including phenoxy) is 1. The molecule has 0 spiro atoms. The van der Waals surface area contributed by atoms with Gasteiger partial charge in [-0.25, -0.2) is 0 Å². The second kappa shape index (κ2) is 3.85. The van der Waals surface area contributed by atoms with Crippen molar-refractivity contribution in [3.05, 3.63) is 65.2 Å². The molecule has 0 aliphatic carbocycles. The first-order chi connectivity index (χ1) is 8.93. The smallest absolute Gasteiger partial charge is 0.123 e. The SMILES string of the molecule is c1ccc2c(c1)CN[C@@H]1COc3ccccc3[C@@H]21. The van der Waals surface area contributed by atoms with Gasteiger partial charge in [-0.15, -0.1) is 0 Å². The van der Waals surface area contributed by atoms with Gasteiger partial charge in [0.25, 0.3) is 0 Å². The summed E-state index contributed by atoms with van der Waals surface area (Å²) < 4.78 is 5.85. The predicted octanol–water partition coefficient (Wildman–Crippen LogP) is 2.68. The Hall–Kier alpha value is -1.80. The van der Waals surface area contributed by atoms with E-state index in [4.69, 9.17) is 4.74 Å². The number of rotatable bonds is 0. The van der Waals surface area contributed by atoms with Gasteiger partial charge >= 0.3 is 0 Å². The van der Waals surface area contributed by atoms with Gasteiger partial charge in [0.15, 0.2) is 0 Å². The molecule has 0 radical (unpaired) electrons. The van der Waals surface area contributed by atoms with Crippen molar-refractivity contribution in [3.63, 3.8) is 0 Å². The van der Waals surface area contributed by atoms with Gasteiger partial charge in [-0.05, 0) is 17.2 Å². The molecule has 18 heavy (non-hydrogen) atoms. The third-order valence-corrected chi connectivity index (χ3v) is 4.02. The molecule has 4 rings (SSSR count). The zero-order valence-electron chi connectivity index (χ0n) is 10.1. The number of para-hydroxylation sites is 1. The van der Waals surface area contributed by atoms with Crippen LogP contribution < -0.4 is 10.1 Å². The van der Waals surface area contributed by atoms with Gasteiger partial charge in [-0.2, -0.15) is 0 Å². The lowest BCUT2D eigenvalue weighted by atomic mass is 9.79. The lowest BCUT2D eigenvalue weighted by Gasteiger charge is -2.39. The van der Waals surface area contributed by atoms with Crippen LogP contribution in [0.4, 0.5) is 0 Å². The van der Waals surface area contributed by atoms with Crippen molar-refractivity contribution >= 4 is 0 Å². The minimum atomic E-state index is 0.398. The fourth-order valence-electron chi connectivity index (χ4n) is 3.16. The highest BCUT2D eigenvalue weighted by Crippen LogP contribution is 2.41. The Morgan fingerprint density at radius 1 is 0.944 bits per heavy atom. The fraction of sp³-hybridized carbons (Fsp3) is 0.250. The van der Waals surface area contributed by atoms with Crippen LogP contribution >= 0.6 is 0 Å². The maximum atomic E-state index is 5.85. The number of nitrogens with one attached hydrogen (secondary N) is 1. The van der Waals surface area contributed by atoms with E-state index in [1.807, 2.05) is 6.07 Å². The van der Waals surface area contributed by atoms with Crippen LogP contribution in [0.2, 0.25) is 0 Å². The van der Waals surface area contributed by atoms with Crippen LogP contribution in [0.3, 0.4) is 0 Å². The quantitative estimate of drug-likeness (QED) is 0.760. The van der Waals surface area contributed by atoms with E-state index in [-0.39, 0.29) is 0 Å².